The zero-order valence-corrected chi connectivity index (χ0v) is 17.2. The van der Waals surface area contributed by atoms with Crippen LogP contribution in [0.25, 0.3) is 10.9 Å². The number of benzene rings is 1. The lowest BCUT2D eigenvalue weighted by atomic mass is 9.97. The van der Waals surface area contributed by atoms with E-state index in [0.29, 0.717) is 18.5 Å². The summed E-state index contributed by atoms with van der Waals surface area (Å²) in [5.41, 5.74) is 2.60. The molecule has 1 aliphatic heterocycles. The Kier molecular flexibility index (Phi) is 6.95. The average Bonchev–Trinajstić information content (AvgIpc) is 2.97. The van der Waals surface area contributed by atoms with E-state index in [1.54, 1.807) is 0 Å². The first-order valence-corrected chi connectivity index (χ1v) is 10.6. The van der Waals surface area contributed by atoms with Gasteiger partial charge in [0.15, 0.2) is 0 Å². The third-order valence-electron chi connectivity index (χ3n) is 6.12. The number of carbonyl (C=O) groups excluding carboxylic acids is 1. The zero-order chi connectivity index (χ0) is 19.2. The monoisotopic (exact) mass is 369 g/mol. The van der Waals surface area contributed by atoms with Gasteiger partial charge in [-0.1, -0.05) is 24.6 Å². The van der Waals surface area contributed by atoms with Gasteiger partial charge >= 0.3 is 0 Å². The molecule has 0 radical (unpaired) electrons. The van der Waals surface area contributed by atoms with Crippen LogP contribution in [0.1, 0.15) is 57.9 Å². The lowest BCUT2D eigenvalue weighted by Gasteiger charge is -2.39. The SMILES string of the molecule is C[C@@H]1CCC[C@H](C)N1CCCNC(=O)CCCc1cn(C)c2ccccc12. The van der Waals surface area contributed by atoms with Crippen molar-refractivity contribution in [3.8, 4) is 0 Å². The number of aryl methyl sites for hydroxylation is 2. The Bertz CT molecular complexity index is 741. The van der Waals surface area contributed by atoms with Crippen LogP contribution in [0.15, 0.2) is 30.5 Å². The van der Waals surface area contributed by atoms with Gasteiger partial charge in [0.2, 0.25) is 5.91 Å². The van der Waals surface area contributed by atoms with Crippen LogP contribution in [-0.2, 0) is 18.3 Å². The topological polar surface area (TPSA) is 37.3 Å². The summed E-state index contributed by atoms with van der Waals surface area (Å²) in [7, 11) is 2.09. The number of fused-ring (bicyclic) bond motifs is 1. The Morgan fingerprint density at radius 1 is 1.15 bits per heavy atom. The van der Waals surface area contributed by atoms with E-state index in [9.17, 15) is 4.79 Å². The number of carbonyl (C=O) groups is 1. The quantitative estimate of drug-likeness (QED) is 0.706. The summed E-state index contributed by atoms with van der Waals surface area (Å²) in [6.45, 7) is 6.56. The minimum absolute atomic E-state index is 0.190. The third-order valence-corrected chi connectivity index (χ3v) is 6.12. The first-order chi connectivity index (χ1) is 13.1. The number of nitrogens with zero attached hydrogens (tertiary/aromatic N) is 2. The van der Waals surface area contributed by atoms with Gasteiger partial charge in [0.25, 0.3) is 0 Å². The van der Waals surface area contributed by atoms with Crippen LogP contribution in [0.5, 0.6) is 0 Å². The Morgan fingerprint density at radius 3 is 2.67 bits per heavy atom. The number of amides is 1. The molecule has 148 valence electrons. The van der Waals surface area contributed by atoms with Gasteiger partial charge in [0.1, 0.15) is 0 Å². The fraction of sp³-hybridized carbons (Fsp3) is 0.609. The molecule has 0 unspecified atom stereocenters. The van der Waals surface area contributed by atoms with Crippen molar-refractivity contribution in [1.29, 1.82) is 0 Å². The van der Waals surface area contributed by atoms with Gasteiger partial charge < -0.3 is 9.88 Å². The van der Waals surface area contributed by atoms with Gasteiger partial charge in [0, 0.05) is 55.7 Å². The van der Waals surface area contributed by atoms with E-state index < -0.39 is 0 Å². The fourth-order valence-electron chi connectivity index (χ4n) is 4.56. The van der Waals surface area contributed by atoms with E-state index in [2.05, 4.69) is 66.1 Å². The molecule has 1 N–H and O–H groups in total. The third kappa shape index (κ3) is 5.13. The molecule has 1 aromatic heterocycles. The smallest absolute Gasteiger partial charge is 0.220 e. The second-order valence-corrected chi connectivity index (χ2v) is 8.21. The lowest BCUT2D eigenvalue weighted by Crippen LogP contribution is -2.44. The second-order valence-electron chi connectivity index (χ2n) is 8.21. The molecular formula is C23H35N3O. The van der Waals surface area contributed by atoms with Crippen molar-refractivity contribution in [2.24, 2.45) is 7.05 Å². The van der Waals surface area contributed by atoms with E-state index in [1.807, 2.05) is 0 Å². The van der Waals surface area contributed by atoms with E-state index in [0.717, 1.165) is 32.4 Å². The first-order valence-electron chi connectivity index (χ1n) is 10.6. The van der Waals surface area contributed by atoms with Crippen LogP contribution in [0, 0.1) is 0 Å². The van der Waals surface area contributed by atoms with Crippen molar-refractivity contribution in [1.82, 2.24) is 14.8 Å². The highest BCUT2D eigenvalue weighted by Crippen LogP contribution is 2.23. The maximum absolute atomic E-state index is 12.2. The number of piperidine rings is 1. The predicted molar refractivity (Wildman–Crippen MR) is 113 cm³/mol. The minimum Gasteiger partial charge on any atom is -0.356 e. The standard InChI is InChI=1S/C23H35N3O/c1-18-9-6-10-19(2)26(18)16-8-15-24-23(27)14-7-11-20-17-25(3)22-13-5-4-12-21(20)22/h4-5,12-13,17-19H,6-11,14-16H2,1-3H3,(H,24,27)/t18-,19+. The maximum atomic E-state index is 12.2. The fourth-order valence-corrected chi connectivity index (χ4v) is 4.56. The Labute approximate surface area is 163 Å². The van der Waals surface area contributed by atoms with Crippen molar-refractivity contribution < 1.29 is 4.79 Å². The molecule has 1 fully saturated rings. The van der Waals surface area contributed by atoms with Crippen LogP contribution >= 0.6 is 0 Å². The van der Waals surface area contributed by atoms with Crippen molar-refractivity contribution >= 4 is 16.8 Å². The molecule has 1 aromatic carbocycles. The van der Waals surface area contributed by atoms with Crippen LogP contribution in [0.2, 0.25) is 0 Å². The molecule has 4 nitrogen and oxygen atoms in total. The van der Waals surface area contributed by atoms with Crippen LogP contribution < -0.4 is 5.32 Å². The largest absolute Gasteiger partial charge is 0.356 e. The summed E-state index contributed by atoms with van der Waals surface area (Å²) in [5.74, 6) is 0.190. The van der Waals surface area contributed by atoms with Gasteiger partial charge in [-0.25, -0.2) is 0 Å². The molecule has 3 rings (SSSR count). The zero-order valence-electron chi connectivity index (χ0n) is 17.2. The molecule has 27 heavy (non-hydrogen) atoms. The number of hydrogen-bond acceptors (Lipinski definition) is 2. The number of hydrogen-bond donors (Lipinski definition) is 1. The molecule has 2 aromatic rings. The minimum atomic E-state index is 0.190. The first kappa shape index (κ1) is 19.9. The normalized spacial score (nSPS) is 20.9. The van der Waals surface area contributed by atoms with Gasteiger partial charge in [-0.2, -0.15) is 0 Å². The van der Waals surface area contributed by atoms with Crippen LogP contribution in [0.4, 0.5) is 0 Å². The average molecular weight is 370 g/mol. The van der Waals surface area contributed by atoms with E-state index >= 15 is 0 Å². The molecule has 0 aliphatic carbocycles. The molecular weight excluding hydrogens is 334 g/mol. The molecule has 1 aliphatic rings. The molecule has 0 bridgehead atoms. The Hall–Kier alpha value is -1.81. The summed E-state index contributed by atoms with van der Waals surface area (Å²) in [6, 6.07) is 9.85. The van der Waals surface area contributed by atoms with E-state index in [1.165, 1.54) is 35.7 Å². The maximum Gasteiger partial charge on any atom is 0.220 e. The van der Waals surface area contributed by atoms with Crippen molar-refractivity contribution in [3.63, 3.8) is 0 Å². The summed E-state index contributed by atoms with van der Waals surface area (Å²) in [4.78, 5) is 14.8. The number of para-hydroxylation sites is 1. The van der Waals surface area contributed by atoms with Crippen molar-refractivity contribution in [2.45, 2.75) is 70.9 Å². The molecule has 2 atom stereocenters. The van der Waals surface area contributed by atoms with Crippen molar-refractivity contribution in [2.75, 3.05) is 13.1 Å². The molecule has 0 spiro atoms. The summed E-state index contributed by atoms with van der Waals surface area (Å²) in [6.07, 6.45) is 9.69. The summed E-state index contributed by atoms with van der Waals surface area (Å²) in [5, 5.41) is 4.42. The number of rotatable bonds is 8. The van der Waals surface area contributed by atoms with E-state index in [4.69, 9.17) is 0 Å². The van der Waals surface area contributed by atoms with Crippen LogP contribution in [-0.4, -0.2) is 40.5 Å². The Balaban J connectivity index is 1.35. The number of likely N-dealkylation sites (tertiary alicyclic amines) is 1. The molecule has 1 amide bonds. The number of aromatic nitrogens is 1. The van der Waals surface area contributed by atoms with Gasteiger partial charge in [0.05, 0.1) is 0 Å². The highest BCUT2D eigenvalue weighted by molar-refractivity contribution is 5.84. The highest BCUT2D eigenvalue weighted by Gasteiger charge is 2.23. The summed E-state index contributed by atoms with van der Waals surface area (Å²) < 4.78 is 2.17. The number of nitrogens with one attached hydrogen (secondary N) is 1. The molecule has 2 heterocycles. The van der Waals surface area contributed by atoms with Crippen LogP contribution in [0.3, 0.4) is 0 Å². The molecule has 4 heteroatoms. The lowest BCUT2D eigenvalue weighted by molar-refractivity contribution is -0.121. The summed E-state index contributed by atoms with van der Waals surface area (Å²) >= 11 is 0. The molecule has 0 saturated carbocycles. The molecule has 1 saturated heterocycles. The van der Waals surface area contributed by atoms with Gasteiger partial charge in [-0.3, -0.25) is 9.69 Å². The van der Waals surface area contributed by atoms with Gasteiger partial charge in [-0.15, -0.1) is 0 Å². The van der Waals surface area contributed by atoms with E-state index in [-0.39, 0.29) is 5.91 Å². The predicted octanol–water partition coefficient (Wildman–Crippen LogP) is 4.27. The second kappa shape index (κ2) is 9.41. The van der Waals surface area contributed by atoms with Gasteiger partial charge in [-0.05, 0) is 57.6 Å². The van der Waals surface area contributed by atoms with Crippen molar-refractivity contribution in [3.05, 3.63) is 36.0 Å². The Morgan fingerprint density at radius 2 is 1.89 bits per heavy atom. The highest BCUT2D eigenvalue weighted by atomic mass is 16.1.